The predicted octanol–water partition coefficient (Wildman–Crippen LogP) is 3.80. The number of hydrogen-bond donors (Lipinski definition) is 1. The number of amides is 4. The molecule has 0 radical (unpaired) electrons. The number of rotatable bonds is 6. The number of urea groups is 1. The molecule has 1 aliphatic rings. The highest BCUT2D eigenvalue weighted by Gasteiger charge is 2.37. The number of imide groups is 2. The molecule has 1 N–H and O–H groups in total. The molecule has 3 rings (SSSR count). The zero-order valence-electron chi connectivity index (χ0n) is 15.9. The van der Waals surface area contributed by atoms with Crippen molar-refractivity contribution in [1.29, 1.82) is 0 Å². The molecular formula is C21H19ClN2O5. The summed E-state index contributed by atoms with van der Waals surface area (Å²) < 4.78 is 11.1. The van der Waals surface area contributed by atoms with Crippen LogP contribution in [0.3, 0.4) is 0 Å². The second-order valence-electron chi connectivity index (χ2n) is 5.98. The quantitative estimate of drug-likeness (QED) is 0.574. The lowest BCUT2D eigenvalue weighted by Gasteiger charge is -2.27. The fourth-order valence-corrected chi connectivity index (χ4v) is 3.05. The van der Waals surface area contributed by atoms with Gasteiger partial charge in [-0.1, -0.05) is 29.8 Å². The molecular weight excluding hydrogens is 396 g/mol. The van der Waals surface area contributed by atoms with Crippen LogP contribution in [0.25, 0.3) is 6.08 Å². The first-order chi connectivity index (χ1) is 14.0. The van der Waals surface area contributed by atoms with Gasteiger partial charge in [0.25, 0.3) is 11.8 Å². The van der Waals surface area contributed by atoms with Crippen molar-refractivity contribution in [2.24, 2.45) is 0 Å². The maximum absolute atomic E-state index is 12.9. The molecule has 1 saturated heterocycles. The van der Waals surface area contributed by atoms with Gasteiger partial charge in [-0.2, -0.15) is 0 Å². The van der Waals surface area contributed by atoms with E-state index in [1.54, 1.807) is 36.4 Å². The molecule has 0 aliphatic carbocycles. The lowest BCUT2D eigenvalue weighted by molar-refractivity contribution is -0.122. The van der Waals surface area contributed by atoms with Crippen LogP contribution in [0.1, 0.15) is 19.4 Å². The molecule has 1 fully saturated rings. The van der Waals surface area contributed by atoms with Crippen molar-refractivity contribution in [2.45, 2.75) is 13.8 Å². The minimum Gasteiger partial charge on any atom is -0.490 e. The molecule has 4 amide bonds. The van der Waals surface area contributed by atoms with Gasteiger partial charge in [-0.3, -0.25) is 14.9 Å². The predicted molar refractivity (Wildman–Crippen MR) is 109 cm³/mol. The lowest BCUT2D eigenvalue weighted by atomic mass is 10.1. The van der Waals surface area contributed by atoms with Crippen LogP contribution in [0, 0.1) is 0 Å². The van der Waals surface area contributed by atoms with Crippen LogP contribution in [-0.4, -0.2) is 31.1 Å². The summed E-state index contributed by atoms with van der Waals surface area (Å²) in [6.45, 7) is 4.59. The molecule has 7 nitrogen and oxygen atoms in total. The standard InChI is InChI=1S/C21H19ClN2O5/c1-3-28-17-10-9-13(12-18(17)29-4-2)11-14-19(25)23-21(27)24(20(14)26)16-8-6-5-7-15(16)22/h5-12H,3-4H2,1-2H3,(H,23,25,27)/b14-11+. The molecule has 1 aliphatic heterocycles. The van der Waals surface area contributed by atoms with Gasteiger partial charge in [0, 0.05) is 0 Å². The van der Waals surface area contributed by atoms with Crippen LogP contribution in [0.5, 0.6) is 11.5 Å². The summed E-state index contributed by atoms with van der Waals surface area (Å²) in [4.78, 5) is 38.4. The van der Waals surface area contributed by atoms with Gasteiger partial charge in [0.1, 0.15) is 5.57 Å². The number of hydrogen-bond acceptors (Lipinski definition) is 5. The van der Waals surface area contributed by atoms with Crippen LogP contribution in [-0.2, 0) is 9.59 Å². The van der Waals surface area contributed by atoms with Crippen LogP contribution >= 0.6 is 11.6 Å². The Morgan fingerprint density at radius 2 is 1.69 bits per heavy atom. The summed E-state index contributed by atoms with van der Waals surface area (Å²) >= 11 is 6.13. The van der Waals surface area contributed by atoms with E-state index in [4.69, 9.17) is 21.1 Å². The van der Waals surface area contributed by atoms with Gasteiger partial charge in [-0.15, -0.1) is 0 Å². The molecule has 0 aromatic heterocycles. The molecule has 29 heavy (non-hydrogen) atoms. The third kappa shape index (κ3) is 4.25. The molecule has 0 atom stereocenters. The summed E-state index contributed by atoms with van der Waals surface area (Å²) in [7, 11) is 0. The van der Waals surface area contributed by atoms with E-state index in [1.807, 2.05) is 13.8 Å². The van der Waals surface area contributed by atoms with E-state index in [0.29, 0.717) is 30.3 Å². The lowest BCUT2D eigenvalue weighted by Crippen LogP contribution is -2.54. The highest BCUT2D eigenvalue weighted by molar-refractivity contribution is 6.42. The summed E-state index contributed by atoms with van der Waals surface area (Å²) in [6.07, 6.45) is 1.40. The Morgan fingerprint density at radius 3 is 2.38 bits per heavy atom. The Labute approximate surface area is 172 Å². The number of nitrogens with zero attached hydrogens (tertiary/aromatic N) is 1. The third-order valence-corrected chi connectivity index (χ3v) is 4.39. The molecule has 150 valence electrons. The van der Waals surface area contributed by atoms with Gasteiger partial charge in [0.2, 0.25) is 0 Å². The van der Waals surface area contributed by atoms with Gasteiger partial charge in [0.15, 0.2) is 11.5 Å². The van der Waals surface area contributed by atoms with Crippen molar-refractivity contribution < 1.29 is 23.9 Å². The smallest absolute Gasteiger partial charge is 0.335 e. The van der Waals surface area contributed by atoms with Gasteiger partial charge in [-0.25, -0.2) is 9.69 Å². The van der Waals surface area contributed by atoms with Crippen molar-refractivity contribution in [3.63, 3.8) is 0 Å². The Balaban J connectivity index is 2.00. The van der Waals surface area contributed by atoms with E-state index >= 15 is 0 Å². The van der Waals surface area contributed by atoms with Crippen LogP contribution in [0.15, 0.2) is 48.0 Å². The average molecular weight is 415 g/mol. The van der Waals surface area contributed by atoms with Crippen LogP contribution in [0.4, 0.5) is 10.5 Å². The Bertz CT molecular complexity index is 1000. The number of nitrogens with one attached hydrogen (secondary N) is 1. The average Bonchev–Trinajstić information content (AvgIpc) is 2.68. The third-order valence-electron chi connectivity index (χ3n) is 4.07. The fourth-order valence-electron chi connectivity index (χ4n) is 2.83. The number of barbiturate groups is 1. The van der Waals surface area contributed by atoms with Gasteiger partial charge < -0.3 is 9.47 Å². The number of para-hydroxylation sites is 1. The molecule has 2 aromatic carbocycles. The zero-order valence-corrected chi connectivity index (χ0v) is 16.7. The zero-order chi connectivity index (χ0) is 21.0. The fraction of sp³-hybridized carbons (Fsp3) is 0.190. The monoisotopic (exact) mass is 414 g/mol. The highest BCUT2D eigenvalue weighted by Crippen LogP contribution is 2.31. The normalized spacial score (nSPS) is 15.5. The Hall–Kier alpha value is -3.32. The van der Waals surface area contributed by atoms with Gasteiger partial charge in [-0.05, 0) is 49.8 Å². The largest absolute Gasteiger partial charge is 0.490 e. The second-order valence-corrected chi connectivity index (χ2v) is 6.39. The van der Waals surface area contributed by atoms with Crippen molar-refractivity contribution >= 4 is 41.2 Å². The van der Waals surface area contributed by atoms with Gasteiger partial charge >= 0.3 is 6.03 Å². The number of carbonyl (C=O) groups is 3. The van der Waals surface area contributed by atoms with Crippen LogP contribution < -0.4 is 19.7 Å². The van der Waals surface area contributed by atoms with E-state index in [2.05, 4.69) is 5.32 Å². The minimum absolute atomic E-state index is 0.191. The summed E-state index contributed by atoms with van der Waals surface area (Å²) in [6, 6.07) is 10.6. The molecule has 1 heterocycles. The minimum atomic E-state index is -0.855. The van der Waals surface area contributed by atoms with Crippen molar-refractivity contribution in [3.05, 3.63) is 58.6 Å². The number of benzene rings is 2. The van der Waals surface area contributed by atoms with E-state index in [1.165, 1.54) is 12.1 Å². The second kappa shape index (κ2) is 8.79. The van der Waals surface area contributed by atoms with E-state index < -0.39 is 17.8 Å². The van der Waals surface area contributed by atoms with Gasteiger partial charge in [0.05, 0.1) is 23.9 Å². The van der Waals surface area contributed by atoms with Crippen LogP contribution in [0.2, 0.25) is 5.02 Å². The number of halogens is 1. The maximum atomic E-state index is 12.9. The molecule has 0 saturated carbocycles. The van der Waals surface area contributed by atoms with Crippen molar-refractivity contribution in [3.8, 4) is 11.5 Å². The Morgan fingerprint density at radius 1 is 1.00 bits per heavy atom. The number of anilines is 1. The molecule has 0 bridgehead atoms. The first-order valence-corrected chi connectivity index (χ1v) is 9.39. The summed E-state index contributed by atoms with van der Waals surface area (Å²) in [5.74, 6) is -0.496. The SMILES string of the molecule is CCOc1ccc(/C=C2\C(=O)NC(=O)N(c3ccccc3Cl)C2=O)cc1OCC. The molecule has 0 unspecified atom stereocenters. The van der Waals surface area contributed by atoms with E-state index in [0.717, 1.165) is 4.90 Å². The first kappa shape index (κ1) is 20.4. The van der Waals surface area contributed by atoms with E-state index in [9.17, 15) is 14.4 Å². The summed E-state index contributed by atoms with van der Waals surface area (Å²) in [5.41, 5.74) is 0.539. The molecule has 8 heteroatoms. The van der Waals surface area contributed by atoms with Crippen molar-refractivity contribution in [1.82, 2.24) is 5.32 Å². The van der Waals surface area contributed by atoms with Crippen molar-refractivity contribution in [2.75, 3.05) is 18.1 Å². The maximum Gasteiger partial charge on any atom is 0.335 e. The topological polar surface area (TPSA) is 84.9 Å². The number of carbonyl (C=O) groups excluding carboxylic acids is 3. The Kier molecular flexibility index (Phi) is 6.19. The first-order valence-electron chi connectivity index (χ1n) is 9.01. The van der Waals surface area contributed by atoms with E-state index in [-0.39, 0.29) is 16.3 Å². The highest BCUT2D eigenvalue weighted by atomic mass is 35.5. The molecule has 2 aromatic rings. The molecule has 0 spiro atoms. The summed E-state index contributed by atoms with van der Waals surface area (Å²) in [5, 5.41) is 2.38. The number of ether oxygens (including phenoxy) is 2.